The van der Waals surface area contributed by atoms with Gasteiger partial charge in [-0.25, -0.2) is 0 Å². The number of aliphatic hydroxyl groups excluding tert-OH is 1. The van der Waals surface area contributed by atoms with Crippen LogP contribution < -0.4 is 0 Å². The summed E-state index contributed by atoms with van der Waals surface area (Å²) in [7, 11) is 0. The SMILES string of the molecule is CC1CC2CC(O)CC2C1. The Kier molecular flexibility index (Phi) is 1.48. The predicted octanol–water partition coefficient (Wildman–Crippen LogP) is 1.80. The molecule has 1 nitrogen and oxygen atoms in total. The van der Waals surface area contributed by atoms with E-state index >= 15 is 0 Å². The van der Waals surface area contributed by atoms with E-state index in [2.05, 4.69) is 6.92 Å². The van der Waals surface area contributed by atoms with Crippen molar-refractivity contribution >= 4 is 0 Å². The molecule has 2 unspecified atom stereocenters. The van der Waals surface area contributed by atoms with Crippen molar-refractivity contribution in [2.24, 2.45) is 17.8 Å². The zero-order chi connectivity index (χ0) is 7.14. The molecule has 0 saturated heterocycles. The minimum absolute atomic E-state index is 0.0440. The molecule has 58 valence electrons. The molecule has 0 radical (unpaired) electrons. The third-order valence-corrected chi connectivity index (χ3v) is 3.23. The van der Waals surface area contributed by atoms with E-state index in [1.54, 1.807) is 0 Å². The van der Waals surface area contributed by atoms with Crippen LogP contribution >= 0.6 is 0 Å². The Labute approximate surface area is 62.4 Å². The lowest BCUT2D eigenvalue weighted by molar-refractivity contribution is 0.169. The molecule has 2 rings (SSSR count). The Morgan fingerprint density at radius 2 is 1.50 bits per heavy atom. The number of aliphatic hydroxyl groups is 1. The topological polar surface area (TPSA) is 20.2 Å². The van der Waals surface area contributed by atoms with E-state index in [0.29, 0.717) is 0 Å². The van der Waals surface area contributed by atoms with Crippen LogP contribution in [0.3, 0.4) is 0 Å². The average molecular weight is 140 g/mol. The Morgan fingerprint density at radius 1 is 1.00 bits per heavy atom. The van der Waals surface area contributed by atoms with Gasteiger partial charge in [0, 0.05) is 0 Å². The van der Waals surface area contributed by atoms with Crippen LogP contribution in [0.15, 0.2) is 0 Å². The Morgan fingerprint density at radius 3 is 2.00 bits per heavy atom. The van der Waals surface area contributed by atoms with Gasteiger partial charge in [-0.2, -0.15) is 0 Å². The molecule has 0 aromatic heterocycles. The lowest BCUT2D eigenvalue weighted by Crippen LogP contribution is -2.01. The summed E-state index contributed by atoms with van der Waals surface area (Å²) in [4.78, 5) is 0. The lowest BCUT2D eigenvalue weighted by Gasteiger charge is -2.04. The summed E-state index contributed by atoms with van der Waals surface area (Å²) >= 11 is 0. The van der Waals surface area contributed by atoms with Gasteiger partial charge in [0.2, 0.25) is 0 Å². The smallest absolute Gasteiger partial charge is 0.0545 e. The van der Waals surface area contributed by atoms with Crippen molar-refractivity contribution in [3.8, 4) is 0 Å². The van der Waals surface area contributed by atoms with E-state index in [-0.39, 0.29) is 6.10 Å². The van der Waals surface area contributed by atoms with Crippen LogP contribution in [0.25, 0.3) is 0 Å². The maximum absolute atomic E-state index is 9.32. The first-order chi connectivity index (χ1) is 4.75. The molecule has 2 aliphatic rings. The third-order valence-electron chi connectivity index (χ3n) is 3.23. The van der Waals surface area contributed by atoms with Crippen LogP contribution in [0.2, 0.25) is 0 Å². The fourth-order valence-corrected chi connectivity index (χ4v) is 2.89. The highest BCUT2D eigenvalue weighted by molar-refractivity contribution is 4.90. The molecule has 2 aliphatic carbocycles. The zero-order valence-corrected chi connectivity index (χ0v) is 6.59. The number of hydrogen-bond donors (Lipinski definition) is 1. The minimum atomic E-state index is 0.0440. The van der Waals surface area contributed by atoms with Crippen LogP contribution in [0.5, 0.6) is 0 Å². The van der Waals surface area contributed by atoms with E-state index in [1.807, 2.05) is 0 Å². The summed E-state index contributed by atoms with van der Waals surface area (Å²) in [5.74, 6) is 2.69. The summed E-state index contributed by atoms with van der Waals surface area (Å²) in [5.41, 5.74) is 0. The van der Waals surface area contributed by atoms with Crippen molar-refractivity contribution in [2.75, 3.05) is 0 Å². The van der Waals surface area contributed by atoms with Gasteiger partial charge in [-0.1, -0.05) is 6.92 Å². The number of rotatable bonds is 0. The standard InChI is InChI=1S/C9H16O/c1-6-2-7-4-9(10)5-8(7)3-6/h6-10H,2-5H2,1H3. The first kappa shape index (κ1) is 6.66. The van der Waals surface area contributed by atoms with Crippen molar-refractivity contribution in [1.82, 2.24) is 0 Å². The second-order valence-corrected chi connectivity index (χ2v) is 4.22. The van der Waals surface area contributed by atoms with Gasteiger partial charge in [0.15, 0.2) is 0 Å². The summed E-state index contributed by atoms with van der Waals surface area (Å²) in [6.45, 7) is 2.34. The number of hydrogen-bond acceptors (Lipinski definition) is 1. The first-order valence-electron chi connectivity index (χ1n) is 4.43. The molecule has 2 atom stereocenters. The molecule has 10 heavy (non-hydrogen) atoms. The van der Waals surface area contributed by atoms with Crippen LogP contribution in [-0.4, -0.2) is 11.2 Å². The Hall–Kier alpha value is -0.0400. The molecule has 1 heteroatoms. The lowest BCUT2D eigenvalue weighted by atomic mass is 10.0. The second kappa shape index (κ2) is 2.23. The third kappa shape index (κ3) is 0.968. The van der Waals surface area contributed by atoms with Crippen LogP contribution in [0, 0.1) is 17.8 Å². The second-order valence-electron chi connectivity index (χ2n) is 4.22. The van der Waals surface area contributed by atoms with Crippen LogP contribution in [0.4, 0.5) is 0 Å². The van der Waals surface area contributed by atoms with E-state index in [4.69, 9.17) is 0 Å². The highest BCUT2D eigenvalue weighted by atomic mass is 16.3. The van der Waals surface area contributed by atoms with E-state index < -0.39 is 0 Å². The highest BCUT2D eigenvalue weighted by Crippen LogP contribution is 2.46. The number of fused-ring (bicyclic) bond motifs is 1. The Bertz CT molecular complexity index is 105. The molecule has 1 N–H and O–H groups in total. The molecule has 0 aliphatic heterocycles. The molecule has 0 aromatic rings. The molecular formula is C9H16O. The quantitative estimate of drug-likeness (QED) is 0.544. The van der Waals surface area contributed by atoms with E-state index in [0.717, 1.165) is 30.6 Å². The van der Waals surface area contributed by atoms with Gasteiger partial charge in [-0.15, -0.1) is 0 Å². The maximum Gasteiger partial charge on any atom is 0.0545 e. The van der Waals surface area contributed by atoms with Gasteiger partial charge < -0.3 is 5.11 Å². The van der Waals surface area contributed by atoms with Gasteiger partial charge in [0.05, 0.1) is 6.10 Å². The van der Waals surface area contributed by atoms with Gasteiger partial charge in [0.25, 0.3) is 0 Å². The van der Waals surface area contributed by atoms with Gasteiger partial charge in [0.1, 0.15) is 0 Å². The fourth-order valence-electron chi connectivity index (χ4n) is 2.89. The first-order valence-corrected chi connectivity index (χ1v) is 4.43. The molecule has 2 fully saturated rings. The van der Waals surface area contributed by atoms with Crippen molar-refractivity contribution in [2.45, 2.75) is 38.7 Å². The van der Waals surface area contributed by atoms with Gasteiger partial charge in [-0.3, -0.25) is 0 Å². The zero-order valence-electron chi connectivity index (χ0n) is 6.59. The molecular weight excluding hydrogens is 124 g/mol. The van der Waals surface area contributed by atoms with E-state index in [1.165, 1.54) is 12.8 Å². The molecule has 0 amide bonds. The molecule has 0 spiro atoms. The highest BCUT2D eigenvalue weighted by Gasteiger charge is 2.39. The van der Waals surface area contributed by atoms with Gasteiger partial charge in [-0.05, 0) is 43.4 Å². The van der Waals surface area contributed by atoms with Crippen molar-refractivity contribution in [1.29, 1.82) is 0 Å². The van der Waals surface area contributed by atoms with Crippen molar-refractivity contribution in [3.63, 3.8) is 0 Å². The summed E-state index contributed by atoms with van der Waals surface area (Å²) in [6, 6.07) is 0. The normalized spacial score (nSPS) is 53.4. The van der Waals surface area contributed by atoms with Crippen molar-refractivity contribution < 1.29 is 5.11 Å². The molecule has 2 saturated carbocycles. The molecule has 0 aromatic carbocycles. The maximum atomic E-state index is 9.32. The minimum Gasteiger partial charge on any atom is -0.393 e. The van der Waals surface area contributed by atoms with Crippen LogP contribution in [0.1, 0.15) is 32.6 Å². The average Bonchev–Trinajstić information content (AvgIpc) is 2.21. The fraction of sp³-hybridized carbons (Fsp3) is 1.00. The predicted molar refractivity (Wildman–Crippen MR) is 40.6 cm³/mol. The summed E-state index contributed by atoms with van der Waals surface area (Å²) < 4.78 is 0. The van der Waals surface area contributed by atoms with E-state index in [9.17, 15) is 5.11 Å². The largest absolute Gasteiger partial charge is 0.393 e. The van der Waals surface area contributed by atoms with Gasteiger partial charge >= 0.3 is 0 Å². The summed E-state index contributed by atoms with van der Waals surface area (Å²) in [5, 5.41) is 9.32. The Balaban J connectivity index is 2.00. The molecule has 0 bridgehead atoms. The monoisotopic (exact) mass is 140 g/mol. The van der Waals surface area contributed by atoms with Crippen LogP contribution in [-0.2, 0) is 0 Å². The summed E-state index contributed by atoms with van der Waals surface area (Å²) in [6.07, 6.45) is 4.98. The van der Waals surface area contributed by atoms with Crippen molar-refractivity contribution in [3.05, 3.63) is 0 Å². The molecule has 0 heterocycles.